The zero-order chi connectivity index (χ0) is 11.0. The van der Waals surface area contributed by atoms with Gasteiger partial charge in [0, 0.05) is 17.5 Å². The van der Waals surface area contributed by atoms with Gasteiger partial charge in [0.2, 0.25) is 5.88 Å². The van der Waals surface area contributed by atoms with Gasteiger partial charge in [-0.2, -0.15) is 0 Å². The zero-order valence-corrected chi connectivity index (χ0v) is 8.77. The summed E-state index contributed by atoms with van der Waals surface area (Å²) in [6, 6.07) is 8.83. The van der Waals surface area contributed by atoms with Crippen molar-refractivity contribution in [2.45, 2.75) is 19.9 Å². The second-order valence-electron chi connectivity index (χ2n) is 3.86. The molecule has 0 fully saturated rings. The van der Waals surface area contributed by atoms with Crippen molar-refractivity contribution < 1.29 is 5.11 Å². The molecule has 3 heteroatoms. The number of pyridine rings is 1. The molecule has 0 saturated heterocycles. The largest absolute Gasteiger partial charge is 0.494 e. The zero-order valence-electron chi connectivity index (χ0n) is 8.77. The lowest BCUT2D eigenvalue weighted by Crippen LogP contribution is -2.20. The lowest BCUT2D eigenvalue weighted by molar-refractivity contribution is 0.395. The van der Waals surface area contributed by atoms with Crippen LogP contribution in [0.2, 0.25) is 0 Å². The smallest absolute Gasteiger partial charge is 0.254 e. The highest BCUT2D eigenvalue weighted by atomic mass is 16.3. The van der Waals surface area contributed by atoms with Crippen molar-refractivity contribution in [3.8, 4) is 5.88 Å². The number of aromatic hydroxyl groups is 1. The average Bonchev–Trinajstić information content (AvgIpc) is 2.17. The summed E-state index contributed by atoms with van der Waals surface area (Å²) in [7, 11) is 0. The number of hydrogen-bond acceptors (Lipinski definition) is 2. The van der Waals surface area contributed by atoms with Crippen molar-refractivity contribution in [3.05, 3.63) is 40.7 Å². The van der Waals surface area contributed by atoms with Crippen LogP contribution in [0.5, 0.6) is 5.88 Å². The van der Waals surface area contributed by atoms with Crippen molar-refractivity contribution in [2.24, 2.45) is 0 Å². The molecule has 0 aliphatic rings. The molecule has 2 rings (SSSR count). The van der Waals surface area contributed by atoms with Gasteiger partial charge in [0.15, 0.2) is 0 Å². The summed E-state index contributed by atoms with van der Waals surface area (Å²) in [4.78, 5) is 11.7. The molecule has 1 N–H and O–H groups in total. The number of rotatable bonds is 1. The number of nitrogens with zero attached hydrogens (tertiary/aromatic N) is 1. The van der Waals surface area contributed by atoms with Crippen molar-refractivity contribution in [2.75, 3.05) is 0 Å². The molecule has 0 amide bonds. The van der Waals surface area contributed by atoms with Gasteiger partial charge in [0.1, 0.15) is 0 Å². The molecule has 0 bridgehead atoms. The highest BCUT2D eigenvalue weighted by molar-refractivity contribution is 5.86. The van der Waals surface area contributed by atoms with Gasteiger partial charge >= 0.3 is 0 Å². The molecule has 78 valence electrons. The first kappa shape index (κ1) is 9.77. The molecular formula is C12H13NO2. The molecule has 1 heterocycles. The van der Waals surface area contributed by atoms with Gasteiger partial charge in [0.25, 0.3) is 5.56 Å². The van der Waals surface area contributed by atoms with E-state index < -0.39 is 0 Å². The van der Waals surface area contributed by atoms with Gasteiger partial charge in [-0.15, -0.1) is 0 Å². The second kappa shape index (κ2) is 3.42. The van der Waals surface area contributed by atoms with E-state index in [1.165, 1.54) is 4.57 Å². The van der Waals surface area contributed by atoms with Gasteiger partial charge in [-0.05, 0) is 25.3 Å². The van der Waals surface area contributed by atoms with Crippen LogP contribution in [-0.4, -0.2) is 9.67 Å². The summed E-state index contributed by atoms with van der Waals surface area (Å²) in [5.41, 5.74) is -0.166. The van der Waals surface area contributed by atoms with Crippen LogP contribution >= 0.6 is 0 Å². The summed E-state index contributed by atoms with van der Waals surface area (Å²) in [6.07, 6.45) is 0. The van der Waals surface area contributed by atoms with E-state index in [1.54, 1.807) is 6.07 Å². The minimum absolute atomic E-state index is 0.0397. The monoisotopic (exact) mass is 203 g/mol. The molecule has 3 nitrogen and oxygen atoms in total. The van der Waals surface area contributed by atoms with E-state index in [0.717, 1.165) is 5.39 Å². The van der Waals surface area contributed by atoms with E-state index in [9.17, 15) is 9.90 Å². The predicted molar refractivity (Wildman–Crippen MR) is 60.3 cm³/mol. The Labute approximate surface area is 87.6 Å². The topological polar surface area (TPSA) is 42.2 Å². The van der Waals surface area contributed by atoms with Crippen molar-refractivity contribution in [1.29, 1.82) is 0 Å². The lowest BCUT2D eigenvalue weighted by atomic mass is 10.1. The number of benzene rings is 1. The van der Waals surface area contributed by atoms with Gasteiger partial charge < -0.3 is 5.11 Å². The normalized spacial score (nSPS) is 11.1. The van der Waals surface area contributed by atoms with E-state index in [-0.39, 0.29) is 17.5 Å². The van der Waals surface area contributed by atoms with Crippen LogP contribution in [0.25, 0.3) is 10.8 Å². The first-order chi connectivity index (χ1) is 7.11. The lowest BCUT2D eigenvalue weighted by Gasteiger charge is -2.13. The Balaban J connectivity index is 2.90. The van der Waals surface area contributed by atoms with Crippen molar-refractivity contribution in [1.82, 2.24) is 4.57 Å². The van der Waals surface area contributed by atoms with E-state index in [4.69, 9.17) is 0 Å². The molecule has 0 spiro atoms. The molecular weight excluding hydrogens is 190 g/mol. The highest BCUT2D eigenvalue weighted by Crippen LogP contribution is 2.24. The van der Waals surface area contributed by atoms with E-state index >= 15 is 0 Å². The average molecular weight is 203 g/mol. The molecule has 0 aliphatic heterocycles. The van der Waals surface area contributed by atoms with E-state index in [1.807, 2.05) is 38.1 Å². The number of aromatic nitrogens is 1. The second-order valence-corrected chi connectivity index (χ2v) is 3.86. The number of hydrogen-bond donors (Lipinski definition) is 1. The fourth-order valence-corrected chi connectivity index (χ4v) is 1.76. The quantitative estimate of drug-likeness (QED) is 0.772. The maximum absolute atomic E-state index is 11.7. The Bertz CT molecular complexity index is 555. The summed E-state index contributed by atoms with van der Waals surface area (Å²) >= 11 is 0. The molecule has 0 atom stereocenters. The van der Waals surface area contributed by atoms with Gasteiger partial charge in [-0.25, -0.2) is 0 Å². The third-order valence-corrected chi connectivity index (χ3v) is 2.46. The van der Waals surface area contributed by atoms with Crippen LogP contribution in [0.3, 0.4) is 0 Å². The van der Waals surface area contributed by atoms with Crippen LogP contribution in [0, 0.1) is 0 Å². The first-order valence-corrected chi connectivity index (χ1v) is 4.94. The fourth-order valence-electron chi connectivity index (χ4n) is 1.76. The van der Waals surface area contributed by atoms with Crippen molar-refractivity contribution >= 4 is 10.8 Å². The van der Waals surface area contributed by atoms with Crippen LogP contribution in [0.15, 0.2) is 35.1 Å². The third-order valence-electron chi connectivity index (χ3n) is 2.46. The van der Waals surface area contributed by atoms with Crippen LogP contribution in [-0.2, 0) is 0 Å². The highest BCUT2D eigenvalue weighted by Gasteiger charge is 2.10. The third kappa shape index (κ3) is 1.50. The molecule has 0 radical (unpaired) electrons. The van der Waals surface area contributed by atoms with Gasteiger partial charge in [-0.1, -0.05) is 18.2 Å². The molecule has 0 unspecified atom stereocenters. The molecule has 1 aromatic carbocycles. The standard InChI is InChI=1S/C12H13NO2/c1-8(2)13-11(14)7-9-5-3-4-6-10(9)12(13)15/h3-8,15H,1-2H3. The molecule has 1 aromatic heterocycles. The van der Waals surface area contributed by atoms with E-state index in [2.05, 4.69) is 0 Å². The van der Waals surface area contributed by atoms with Crippen LogP contribution in [0.4, 0.5) is 0 Å². The summed E-state index contributed by atoms with van der Waals surface area (Å²) in [6.45, 7) is 3.74. The Morgan fingerprint density at radius 1 is 1.27 bits per heavy atom. The Hall–Kier alpha value is -1.77. The first-order valence-electron chi connectivity index (χ1n) is 4.94. The summed E-state index contributed by atoms with van der Waals surface area (Å²) in [5, 5.41) is 11.5. The Morgan fingerprint density at radius 3 is 2.60 bits per heavy atom. The van der Waals surface area contributed by atoms with Crippen LogP contribution in [0.1, 0.15) is 19.9 Å². The fraction of sp³-hybridized carbons (Fsp3) is 0.250. The molecule has 15 heavy (non-hydrogen) atoms. The summed E-state index contributed by atoms with van der Waals surface area (Å²) in [5.74, 6) is 0.0492. The van der Waals surface area contributed by atoms with Crippen LogP contribution < -0.4 is 5.56 Å². The SMILES string of the molecule is CC(C)n1c(O)c2ccccc2cc1=O. The minimum atomic E-state index is -0.166. The van der Waals surface area contributed by atoms with Gasteiger partial charge in [-0.3, -0.25) is 9.36 Å². The maximum atomic E-state index is 11.7. The Kier molecular flexibility index (Phi) is 2.23. The number of fused-ring (bicyclic) bond motifs is 1. The maximum Gasteiger partial charge on any atom is 0.254 e. The molecule has 0 saturated carbocycles. The molecule has 2 aromatic rings. The van der Waals surface area contributed by atoms with Gasteiger partial charge in [0.05, 0.1) is 0 Å². The molecule has 0 aliphatic carbocycles. The summed E-state index contributed by atoms with van der Waals surface area (Å²) < 4.78 is 1.39. The Morgan fingerprint density at radius 2 is 1.93 bits per heavy atom. The predicted octanol–water partition coefficient (Wildman–Crippen LogP) is 2.29. The van der Waals surface area contributed by atoms with Crippen molar-refractivity contribution in [3.63, 3.8) is 0 Å². The minimum Gasteiger partial charge on any atom is -0.494 e. The van der Waals surface area contributed by atoms with E-state index in [0.29, 0.717) is 5.39 Å².